The van der Waals surface area contributed by atoms with E-state index in [4.69, 9.17) is 16.1 Å². The molecule has 0 fully saturated rings. The van der Waals surface area contributed by atoms with E-state index in [1.54, 1.807) is 54.2 Å². The van der Waals surface area contributed by atoms with Crippen molar-refractivity contribution < 1.29 is 13.7 Å². The topological polar surface area (TPSA) is 55.1 Å². The van der Waals surface area contributed by atoms with Crippen LogP contribution in [0.2, 0.25) is 5.02 Å². The number of carbonyl (C=O) groups excluding carboxylic acids is 1. The van der Waals surface area contributed by atoms with Crippen LogP contribution in [0.15, 0.2) is 88.3 Å². The zero-order valence-corrected chi connectivity index (χ0v) is 17.2. The summed E-state index contributed by atoms with van der Waals surface area (Å²) in [5, 5.41) is 7.38. The summed E-state index contributed by atoms with van der Waals surface area (Å²) in [5.74, 6) is 0.504. The van der Waals surface area contributed by atoms with Crippen molar-refractivity contribution in [1.82, 2.24) is 5.16 Å². The Labute approximate surface area is 182 Å². The van der Waals surface area contributed by atoms with Gasteiger partial charge in [-0.1, -0.05) is 41.0 Å². The van der Waals surface area contributed by atoms with Gasteiger partial charge >= 0.3 is 0 Å². The summed E-state index contributed by atoms with van der Waals surface area (Å²) in [6.45, 7) is 0. The van der Waals surface area contributed by atoms with Crippen LogP contribution in [0.25, 0.3) is 11.3 Å². The summed E-state index contributed by atoms with van der Waals surface area (Å²) in [6.07, 6.45) is 0. The number of amides is 1. The zero-order valence-electron chi connectivity index (χ0n) is 15.6. The lowest BCUT2D eigenvalue weighted by Gasteiger charge is -2.10. The van der Waals surface area contributed by atoms with Crippen molar-refractivity contribution in [3.63, 3.8) is 0 Å². The van der Waals surface area contributed by atoms with Gasteiger partial charge in [0.25, 0.3) is 5.91 Å². The monoisotopic (exact) mass is 438 g/mol. The lowest BCUT2D eigenvalue weighted by Crippen LogP contribution is -2.12. The number of nitrogens with one attached hydrogen (secondary N) is 1. The third-order valence-corrected chi connectivity index (χ3v) is 5.71. The standard InChI is InChI=1S/C23H16ClFN2O2S/c24-17-9-7-16(8-10-17)21-13-20(27-29-21)23(28)26-19-3-1-2-4-22(19)30-14-15-5-11-18(25)12-6-15/h1-13H,14H2,(H,26,28). The fraction of sp³-hybridized carbons (Fsp3) is 0.0435. The van der Waals surface area contributed by atoms with Gasteiger partial charge in [0, 0.05) is 27.3 Å². The maximum atomic E-state index is 13.1. The quantitative estimate of drug-likeness (QED) is 0.341. The average molecular weight is 439 g/mol. The number of carbonyl (C=O) groups is 1. The summed E-state index contributed by atoms with van der Waals surface area (Å²) in [6, 6.07) is 22.5. The van der Waals surface area contributed by atoms with Crippen LogP contribution in [-0.2, 0) is 5.75 Å². The maximum absolute atomic E-state index is 13.1. The van der Waals surface area contributed by atoms with Crippen molar-refractivity contribution in [2.24, 2.45) is 0 Å². The van der Waals surface area contributed by atoms with E-state index in [1.807, 2.05) is 24.3 Å². The number of rotatable bonds is 6. The number of thioether (sulfide) groups is 1. The highest BCUT2D eigenvalue weighted by Crippen LogP contribution is 2.30. The number of anilines is 1. The second-order valence-electron chi connectivity index (χ2n) is 6.45. The molecule has 0 saturated heterocycles. The number of hydrogen-bond donors (Lipinski definition) is 1. The molecule has 0 bridgehead atoms. The highest BCUT2D eigenvalue weighted by molar-refractivity contribution is 7.98. The fourth-order valence-corrected chi connectivity index (χ4v) is 3.85. The lowest BCUT2D eigenvalue weighted by molar-refractivity contribution is 0.101. The SMILES string of the molecule is O=C(Nc1ccccc1SCc1ccc(F)cc1)c1cc(-c2ccc(Cl)cc2)on1. The fourth-order valence-electron chi connectivity index (χ4n) is 2.76. The van der Waals surface area contributed by atoms with Crippen molar-refractivity contribution in [3.05, 3.63) is 101 Å². The molecular weight excluding hydrogens is 423 g/mol. The van der Waals surface area contributed by atoms with Crippen molar-refractivity contribution in [1.29, 1.82) is 0 Å². The molecule has 0 saturated carbocycles. The van der Waals surface area contributed by atoms with E-state index in [-0.39, 0.29) is 17.4 Å². The van der Waals surface area contributed by atoms with Crippen LogP contribution < -0.4 is 5.32 Å². The molecule has 4 nitrogen and oxygen atoms in total. The Morgan fingerprint density at radius 3 is 2.53 bits per heavy atom. The van der Waals surface area contributed by atoms with Crippen molar-refractivity contribution >= 4 is 35.0 Å². The zero-order chi connectivity index (χ0) is 20.9. The summed E-state index contributed by atoms with van der Waals surface area (Å²) in [5.41, 5.74) is 2.62. The Hall–Kier alpha value is -3.09. The average Bonchev–Trinajstić information content (AvgIpc) is 3.25. The predicted molar refractivity (Wildman–Crippen MR) is 117 cm³/mol. The van der Waals surface area contributed by atoms with Crippen LogP contribution in [0.5, 0.6) is 0 Å². The Bertz CT molecular complexity index is 1160. The van der Waals surface area contributed by atoms with E-state index >= 15 is 0 Å². The molecular formula is C23H16ClFN2O2S. The lowest BCUT2D eigenvalue weighted by atomic mass is 10.1. The molecule has 0 aliphatic heterocycles. The minimum atomic E-state index is -0.367. The van der Waals surface area contributed by atoms with Crippen LogP contribution in [-0.4, -0.2) is 11.1 Å². The molecule has 1 N–H and O–H groups in total. The smallest absolute Gasteiger partial charge is 0.277 e. The van der Waals surface area contributed by atoms with E-state index in [1.165, 1.54) is 12.1 Å². The molecule has 7 heteroatoms. The molecule has 1 amide bonds. The van der Waals surface area contributed by atoms with Gasteiger partial charge in [-0.2, -0.15) is 0 Å². The van der Waals surface area contributed by atoms with Gasteiger partial charge in [-0.3, -0.25) is 4.79 Å². The van der Waals surface area contributed by atoms with Gasteiger partial charge in [0.2, 0.25) is 0 Å². The van der Waals surface area contributed by atoms with Gasteiger partial charge in [-0.15, -0.1) is 11.8 Å². The minimum Gasteiger partial charge on any atom is -0.355 e. The highest BCUT2D eigenvalue weighted by atomic mass is 35.5. The summed E-state index contributed by atoms with van der Waals surface area (Å²) >= 11 is 7.46. The van der Waals surface area contributed by atoms with Crippen LogP contribution in [0.3, 0.4) is 0 Å². The first-order valence-corrected chi connectivity index (χ1v) is 10.4. The van der Waals surface area contributed by atoms with E-state index in [2.05, 4.69) is 10.5 Å². The summed E-state index contributed by atoms with van der Waals surface area (Å²) in [7, 11) is 0. The molecule has 0 radical (unpaired) electrons. The normalized spacial score (nSPS) is 10.7. The van der Waals surface area contributed by atoms with Gasteiger partial charge in [0.05, 0.1) is 5.69 Å². The molecule has 4 rings (SSSR count). The first-order valence-electron chi connectivity index (χ1n) is 9.09. The Balaban J connectivity index is 1.46. The molecule has 150 valence electrons. The molecule has 1 aromatic heterocycles. The first-order chi connectivity index (χ1) is 14.6. The molecule has 0 aliphatic carbocycles. The molecule has 0 aliphatic rings. The van der Waals surface area contributed by atoms with Crippen molar-refractivity contribution in [3.8, 4) is 11.3 Å². The molecule has 0 atom stereocenters. The number of benzene rings is 3. The van der Waals surface area contributed by atoms with Crippen LogP contribution in [0, 0.1) is 5.82 Å². The Morgan fingerprint density at radius 2 is 1.77 bits per heavy atom. The van der Waals surface area contributed by atoms with Crippen molar-refractivity contribution in [2.45, 2.75) is 10.6 Å². The number of hydrogen-bond acceptors (Lipinski definition) is 4. The maximum Gasteiger partial charge on any atom is 0.277 e. The van der Waals surface area contributed by atoms with E-state index in [0.29, 0.717) is 22.2 Å². The van der Waals surface area contributed by atoms with Gasteiger partial charge in [-0.05, 0) is 54.1 Å². The first kappa shape index (κ1) is 20.2. The molecule has 1 heterocycles. The second kappa shape index (κ2) is 9.15. The minimum absolute atomic E-state index is 0.179. The van der Waals surface area contributed by atoms with Gasteiger partial charge in [0.1, 0.15) is 5.82 Å². The van der Waals surface area contributed by atoms with Crippen molar-refractivity contribution in [2.75, 3.05) is 5.32 Å². The Morgan fingerprint density at radius 1 is 1.03 bits per heavy atom. The largest absolute Gasteiger partial charge is 0.355 e. The van der Waals surface area contributed by atoms with E-state index in [0.717, 1.165) is 16.0 Å². The summed E-state index contributed by atoms with van der Waals surface area (Å²) < 4.78 is 18.4. The van der Waals surface area contributed by atoms with E-state index < -0.39 is 0 Å². The third kappa shape index (κ3) is 4.90. The van der Waals surface area contributed by atoms with Gasteiger partial charge in [-0.25, -0.2) is 4.39 Å². The number of aromatic nitrogens is 1. The second-order valence-corrected chi connectivity index (χ2v) is 7.90. The third-order valence-electron chi connectivity index (χ3n) is 4.31. The van der Waals surface area contributed by atoms with Crippen LogP contribution in [0.1, 0.15) is 16.1 Å². The number of para-hydroxylation sites is 1. The predicted octanol–water partition coefficient (Wildman–Crippen LogP) is 6.68. The molecule has 0 spiro atoms. The molecule has 3 aromatic carbocycles. The molecule has 30 heavy (non-hydrogen) atoms. The summed E-state index contributed by atoms with van der Waals surface area (Å²) in [4.78, 5) is 13.6. The van der Waals surface area contributed by atoms with Crippen LogP contribution >= 0.6 is 23.4 Å². The Kier molecular flexibility index (Phi) is 6.16. The van der Waals surface area contributed by atoms with Gasteiger partial charge in [0.15, 0.2) is 11.5 Å². The van der Waals surface area contributed by atoms with Crippen LogP contribution in [0.4, 0.5) is 10.1 Å². The van der Waals surface area contributed by atoms with Gasteiger partial charge < -0.3 is 9.84 Å². The number of halogens is 2. The number of nitrogens with zero attached hydrogens (tertiary/aromatic N) is 1. The molecule has 0 unspecified atom stereocenters. The molecule has 4 aromatic rings. The highest BCUT2D eigenvalue weighted by Gasteiger charge is 2.15. The van der Waals surface area contributed by atoms with E-state index in [9.17, 15) is 9.18 Å².